The van der Waals surface area contributed by atoms with Crippen LogP contribution in [0.3, 0.4) is 0 Å². The van der Waals surface area contributed by atoms with E-state index in [0.717, 1.165) is 94.6 Å². The summed E-state index contributed by atoms with van der Waals surface area (Å²) in [5.41, 5.74) is 13.4. The fraction of sp³-hybridized carbons (Fsp3) is 0. The summed E-state index contributed by atoms with van der Waals surface area (Å²) < 4.78 is 7.13. The molecule has 61 heavy (non-hydrogen) atoms. The molecule has 4 nitrogen and oxygen atoms in total. The lowest BCUT2D eigenvalue weighted by Crippen LogP contribution is -2.01. The third kappa shape index (κ3) is 6.96. The predicted octanol–water partition coefficient (Wildman–Crippen LogP) is 15.0. The SMILES string of the molecule is C1=C\c2ccc(-c3nc(-c4ccccc4)nc(-c4cc(-c5ccccc5)cc(-c5ccccc5)c4)n3)cc2-c2ccc3ccccc3c2Oc2ccccc2-c2ccccc2/1. The van der Waals surface area contributed by atoms with E-state index in [4.69, 9.17) is 19.7 Å². The van der Waals surface area contributed by atoms with Gasteiger partial charge in [-0.2, -0.15) is 0 Å². The van der Waals surface area contributed by atoms with Crippen molar-refractivity contribution in [2.45, 2.75) is 0 Å². The topological polar surface area (TPSA) is 47.9 Å². The van der Waals surface area contributed by atoms with Gasteiger partial charge in [-0.25, -0.2) is 15.0 Å². The van der Waals surface area contributed by atoms with Crippen molar-refractivity contribution in [3.63, 3.8) is 0 Å². The van der Waals surface area contributed by atoms with Gasteiger partial charge in [-0.15, -0.1) is 0 Å². The fourth-order valence-corrected chi connectivity index (χ4v) is 8.30. The van der Waals surface area contributed by atoms with Crippen LogP contribution in [-0.2, 0) is 0 Å². The summed E-state index contributed by atoms with van der Waals surface area (Å²) in [4.78, 5) is 15.7. The zero-order valence-electron chi connectivity index (χ0n) is 33.1. The molecule has 0 unspecified atom stereocenters. The molecule has 4 heteroatoms. The normalized spacial score (nSPS) is 12.2. The van der Waals surface area contributed by atoms with E-state index in [1.807, 2.05) is 48.5 Å². The number of nitrogens with zero attached hydrogens (tertiary/aromatic N) is 3. The lowest BCUT2D eigenvalue weighted by Gasteiger charge is -2.18. The van der Waals surface area contributed by atoms with Gasteiger partial charge >= 0.3 is 0 Å². The highest BCUT2D eigenvalue weighted by Crippen LogP contribution is 2.46. The molecular weight excluding hydrogens is 743 g/mol. The molecule has 0 N–H and O–H groups in total. The molecule has 0 spiro atoms. The van der Waals surface area contributed by atoms with Crippen molar-refractivity contribution in [1.82, 2.24) is 15.0 Å². The summed E-state index contributed by atoms with van der Waals surface area (Å²) in [7, 11) is 0. The Morgan fingerprint density at radius 3 is 1.52 bits per heavy atom. The highest BCUT2D eigenvalue weighted by molar-refractivity contribution is 5.99. The molecule has 11 rings (SSSR count). The van der Waals surface area contributed by atoms with Crippen LogP contribution in [0.1, 0.15) is 11.1 Å². The minimum Gasteiger partial charge on any atom is -0.455 e. The number of hydrogen-bond acceptors (Lipinski definition) is 4. The largest absolute Gasteiger partial charge is 0.455 e. The zero-order chi connectivity index (χ0) is 40.5. The van der Waals surface area contributed by atoms with Gasteiger partial charge in [-0.1, -0.05) is 188 Å². The van der Waals surface area contributed by atoms with E-state index in [9.17, 15) is 0 Å². The fourth-order valence-electron chi connectivity index (χ4n) is 8.30. The van der Waals surface area contributed by atoms with Crippen LogP contribution >= 0.6 is 0 Å². The van der Waals surface area contributed by atoms with Gasteiger partial charge < -0.3 is 4.74 Å². The summed E-state index contributed by atoms with van der Waals surface area (Å²) in [6.45, 7) is 0. The highest BCUT2D eigenvalue weighted by atomic mass is 16.5. The Bertz CT molecular complexity index is 3210. The molecule has 10 aromatic rings. The number of aromatic nitrogens is 3. The average Bonchev–Trinajstić information content (AvgIpc) is 3.36. The molecule has 1 aliphatic rings. The van der Waals surface area contributed by atoms with Crippen molar-refractivity contribution in [1.29, 1.82) is 0 Å². The van der Waals surface area contributed by atoms with E-state index in [0.29, 0.717) is 17.5 Å². The molecule has 0 atom stereocenters. The number of hydrogen-bond donors (Lipinski definition) is 0. The number of ether oxygens (including phenoxy) is 1. The van der Waals surface area contributed by atoms with Crippen LogP contribution in [-0.4, -0.2) is 15.0 Å². The first-order valence-electron chi connectivity index (χ1n) is 20.5. The molecule has 0 bridgehead atoms. The molecule has 1 aromatic heterocycles. The summed E-state index contributed by atoms with van der Waals surface area (Å²) in [5, 5.41) is 2.13. The van der Waals surface area contributed by atoms with Gasteiger partial charge in [0.15, 0.2) is 17.5 Å². The Labute approximate surface area is 354 Å². The van der Waals surface area contributed by atoms with Crippen LogP contribution in [0.4, 0.5) is 0 Å². The van der Waals surface area contributed by atoms with Crippen molar-refractivity contribution < 1.29 is 4.74 Å². The zero-order valence-corrected chi connectivity index (χ0v) is 33.1. The lowest BCUT2D eigenvalue weighted by molar-refractivity contribution is 0.492. The second-order valence-corrected chi connectivity index (χ2v) is 15.2. The first-order valence-corrected chi connectivity index (χ1v) is 20.5. The average molecular weight is 780 g/mol. The van der Waals surface area contributed by atoms with Gasteiger partial charge in [0.05, 0.1) is 0 Å². The smallest absolute Gasteiger partial charge is 0.164 e. The van der Waals surface area contributed by atoms with E-state index in [-0.39, 0.29) is 0 Å². The predicted molar refractivity (Wildman–Crippen MR) is 251 cm³/mol. The van der Waals surface area contributed by atoms with Gasteiger partial charge in [-0.05, 0) is 86.3 Å². The molecule has 286 valence electrons. The molecule has 0 fully saturated rings. The van der Waals surface area contributed by atoms with Crippen LogP contribution in [0.2, 0.25) is 0 Å². The molecule has 0 aliphatic carbocycles. The number of fused-ring (bicyclic) bond motifs is 8. The van der Waals surface area contributed by atoms with Gasteiger partial charge in [0, 0.05) is 33.2 Å². The van der Waals surface area contributed by atoms with Gasteiger partial charge in [0.1, 0.15) is 11.5 Å². The number of para-hydroxylation sites is 1. The van der Waals surface area contributed by atoms with E-state index < -0.39 is 0 Å². The van der Waals surface area contributed by atoms with E-state index in [2.05, 4.69) is 176 Å². The monoisotopic (exact) mass is 779 g/mol. The summed E-state index contributed by atoms with van der Waals surface area (Å²) in [5.74, 6) is 3.37. The summed E-state index contributed by atoms with van der Waals surface area (Å²) in [6, 6.07) is 73.8. The second-order valence-electron chi connectivity index (χ2n) is 15.2. The second kappa shape index (κ2) is 15.5. The van der Waals surface area contributed by atoms with Crippen molar-refractivity contribution in [3.8, 4) is 90.2 Å². The summed E-state index contributed by atoms with van der Waals surface area (Å²) >= 11 is 0. The summed E-state index contributed by atoms with van der Waals surface area (Å²) in [6.07, 6.45) is 4.41. The maximum atomic E-state index is 7.13. The molecule has 0 radical (unpaired) electrons. The van der Waals surface area contributed by atoms with Crippen molar-refractivity contribution in [2.75, 3.05) is 0 Å². The van der Waals surface area contributed by atoms with E-state index >= 15 is 0 Å². The quantitative estimate of drug-likeness (QED) is 0.175. The number of benzene rings is 9. The first kappa shape index (κ1) is 35.9. The van der Waals surface area contributed by atoms with Crippen molar-refractivity contribution >= 4 is 22.9 Å². The minimum absolute atomic E-state index is 0.579. The van der Waals surface area contributed by atoms with Crippen molar-refractivity contribution in [2.24, 2.45) is 0 Å². The van der Waals surface area contributed by atoms with Crippen molar-refractivity contribution in [3.05, 3.63) is 223 Å². The van der Waals surface area contributed by atoms with Crippen LogP contribution in [0.5, 0.6) is 11.5 Å². The van der Waals surface area contributed by atoms with Crippen LogP contribution in [0.25, 0.3) is 102 Å². The third-order valence-electron chi connectivity index (χ3n) is 11.3. The maximum absolute atomic E-state index is 7.13. The Kier molecular flexibility index (Phi) is 9.14. The van der Waals surface area contributed by atoms with Crippen LogP contribution < -0.4 is 4.74 Å². The van der Waals surface area contributed by atoms with Crippen LogP contribution in [0.15, 0.2) is 212 Å². The number of rotatable bonds is 5. The van der Waals surface area contributed by atoms with Gasteiger partial charge in [0.25, 0.3) is 0 Å². The Hall–Kier alpha value is -8.21. The highest BCUT2D eigenvalue weighted by Gasteiger charge is 2.21. The lowest BCUT2D eigenvalue weighted by atomic mass is 9.93. The Balaban J connectivity index is 1.14. The molecule has 0 amide bonds. The first-order chi connectivity index (χ1) is 30.2. The van der Waals surface area contributed by atoms with Gasteiger partial charge in [0.2, 0.25) is 0 Å². The Morgan fingerprint density at radius 2 is 0.820 bits per heavy atom. The van der Waals surface area contributed by atoms with E-state index in [1.54, 1.807) is 0 Å². The maximum Gasteiger partial charge on any atom is 0.164 e. The van der Waals surface area contributed by atoms with E-state index in [1.165, 1.54) is 0 Å². The molecule has 2 heterocycles. The molecular formula is C57H37N3O. The molecule has 0 saturated carbocycles. The van der Waals surface area contributed by atoms with Gasteiger partial charge in [-0.3, -0.25) is 0 Å². The standard InChI is InChI=1S/C57H37N3O/c1-4-16-38(17-5-1)45-34-46(39-18-6-2-7-19-39)36-47(35-45)57-59-55(43-22-8-3-9-23-43)58-56(60-57)44-31-30-42-29-28-40-20-10-12-24-48(40)50-26-14-15-27-53(50)61-54-49-25-13-11-21-41(49)32-33-51(54)52(42)37-44/h1-37H/b29-28-. The van der Waals surface area contributed by atoms with Crippen LogP contribution in [0, 0.1) is 0 Å². The molecule has 1 aliphatic heterocycles. The molecule has 9 aromatic carbocycles. The Morgan fingerprint density at radius 1 is 0.295 bits per heavy atom. The molecule has 0 saturated heterocycles. The minimum atomic E-state index is 0.579. The third-order valence-corrected chi connectivity index (χ3v) is 11.3.